The van der Waals surface area contributed by atoms with Crippen LogP contribution in [0, 0.1) is 16.7 Å². The Morgan fingerprint density at radius 2 is 2.33 bits per heavy atom. The number of nitrogens with zero attached hydrogens (tertiary/aromatic N) is 1. The molecule has 0 aromatic heterocycles. The minimum Gasteiger partial charge on any atom is -0.481 e. The molecule has 2 rings (SSSR count). The van der Waals surface area contributed by atoms with E-state index in [1.165, 1.54) is 0 Å². The van der Waals surface area contributed by atoms with Gasteiger partial charge in [0.2, 0.25) is 0 Å². The van der Waals surface area contributed by atoms with Gasteiger partial charge in [0.05, 0.1) is 6.42 Å². The molecule has 0 aromatic carbocycles. The molecule has 0 amide bonds. The van der Waals surface area contributed by atoms with Gasteiger partial charge >= 0.3 is 5.97 Å². The highest BCUT2D eigenvalue weighted by Crippen LogP contribution is 2.65. The second kappa shape index (κ2) is 2.97. The third kappa shape index (κ3) is 1.13. The normalized spacial score (nSPS) is 46.3. The van der Waals surface area contributed by atoms with Crippen LogP contribution in [-0.2, 0) is 4.79 Å². The molecule has 0 saturated heterocycles. The van der Waals surface area contributed by atoms with Gasteiger partial charge in [0.1, 0.15) is 0 Å². The summed E-state index contributed by atoms with van der Waals surface area (Å²) in [6.07, 6.45) is 3.25. The van der Waals surface area contributed by atoms with Crippen LogP contribution in [0.1, 0.15) is 39.5 Å². The summed E-state index contributed by atoms with van der Waals surface area (Å²) in [5, 5.41) is 12.9. The summed E-state index contributed by atoms with van der Waals surface area (Å²) in [5.74, 6) is 5.13. The fraction of sp³-hybridized carbons (Fsp3) is 0.818. The summed E-state index contributed by atoms with van der Waals surface area (Å²) >= 11 is 0. The number of carboxylic acids is 1. The van der Waals surface area contributed by atoms with Crippen molar-refractivity contribution in [2.24, 2.45) is 27.7 Å². The molecule has 4 heteroatoms. The van der Waals surface area contributed by atoms with Crippen LogP contribution in [0.4, 0.5) is 0 Å². The number of hydrazone groups is 1. The number of carboxylic acid groups (broad SMARTS) is 1. The van der Waals surface area contributed by atoms with Crippen molar-refractivity contribution in [3.8, 4) is 0 Å². The minimum atomic E-state index is -0.714. The Morgan fingerprint density at radius 3 is 2.80 bits per heavy atom. The highest BCUT2D eigenvalue weighted by Gasteiger charge is 2.62. The van der Waals surface area contributed by atoms with Gasteiger partial charge in [-0.3, -0.25) is 4.79 Å². The smallest absolute Gasteiger partial charge is 0.303 e. The predicted octanol–water partition coefficient (Wildman–Crippen LogP) is 1.60. The van der Waals surface area contributed by atoms with E-state index in [1.807, 2.05) is 0 Å². The molecular formula is C11H18N2O2. The lowest BCUT2D eigenvalue weighted by atomic mass is 9.67. The van der Waals surface area contributed by atoms with Gasteiger partial charge in [-0.05, 0) is 30.6 Å². The van der Waals surface area contributed by atoms with E-state index >= 15 is 0 Å². The number of fused-ring (bicyclic) bond motifs is 2. The molecule has 4 nitrogen and oxygen atoms in total. The molecule has 0 radical (unpaired) electrons. The van der Waals surface area contributed by atoms with Crippen LogP contribution >= 0.6 is 0 Å². The summed E-state index contributed by atoms with van der Waals surface area (Å²) in [6, 6.07) is 0. The monoisotopic (exact) mass is 210 g/mol. The first kappa shape index (κ1) is 10.5. The second-order valence-corrected chi connectivity index (χ2v) is 5.34. The highest BCUT2D eigenvalue weighted by molar-refractivity contribution is 5.94. The topological polar surface area (TPSA) is 75.7 Å². The van der Waals surface area contributed by atoms with Crippen LogP contribution in [0.15, 0.2) is 5.10 Å². The zero-order valence-electron chi connectivity index (χ0n) is 9.29. The molecular weight excluding hydrogens is 192 g/mol. The molecule has 3 atom stereocenters. The van der Waals surface area contributed by atoms with Gasteiger partial charge in [-0.1, -0.05) is 13.8 Å². The van der Waals surface area contributed by atoms with Crippen LogP contribution in [0.3, 0.4) is 0 Å². The zero-order valence-corrected chi connectivity index (χ0v) is 9.29. The predicted molar refractivity (Wildman–Crippen MR) is 57.4 cm³/mol. The van der Waals surface area contributed by atoms with E-state index in [1.54, 1.807) is 0 Å². The minimum absolute atomic E-state index is 0.0925. The third-order valence-corrected chi connectivity index (χ3v) is 4.91. The summed E-state index contributed by atoms with van der Waals surface area (Å²) in [6.45, 7) is 4.20. The van der Waals surface area contributed by atoms with Gasteiger partial charge in [0, 0.05) is 11.1 Å². The molecule has 2 fully saturated rings. The van der Waals surface area contributed by atoms with Crippen LogP contribution in [0.25, 0.3) is 0 Å². The van der Waals surface area contributed by atoms with Crippen molar-refractivity contribution >= 4 is 11.7 Å². The molecule has 0 heterocycles. The average molecular weight is 210 g/mol. The number of hydrogen-bond acceptors (Lipinski definition) is 3. The third-order valence-electron chi connectivity index (χ3n) is 4.91. The van der Waals surface area contributed by atoms with Crippen LogP contribution < -0.4 is 5.84 Å². The van der Waals surface area contributed by atoms with Crippen molar-refractivity contribution in [3.05, 3.63) is 0 Å². The fourth-order valence-electron chi connectivity index (χ4n) is 3.63. The maximum absolute atomic E-state index is 10.9. The first-order chi connectivity index (χ1) is 6.94. The zero-order chi connectivity index (χ0) is 11.3. The largest absolute Gasteiger partial charge is 0.481 e. The van der Waals surface area contributed by atoms with E-state index in [0.29, 0.717) is 5.92 Å². The van der Waals surface area contributed by atoms with E-state index in [2.05, 4.69) is 18.9 Å². The van der Waals surface area contributed by atoms with Gasteiger partial charge in [0.25, 0.3) is 0 Å². The summed E-state index contributed by atoms with van der Waals surface area (Å²) in [7, 11) is 0. The molecule has 0 unspecified atom stereocenters. The lowest BCUT2D eigenvalue weighted by Gasteiger charge is -2.36. The molecule has 0 spiro atoms. The van der Waals surface area contributed by atoms with Gasteiger partial charge in [-0.25, -0.2) is 0 Å². The Hall–Kier alpha value is -1.06. The molecule has 0 aliphatic heterocycles. The van der Waals surface area contributed by atoms with Gasteiger partial charge in [-0.2, -0.15) is 5.10 Å². The van der Waals surface area contributed by atoms with Gasteiger partial charge in [-0.15, -0.1) is 0 Å². The first-order valence-corrected chi connectivity index (χ1v) is 5.43. The standard InChI is InChI=1S/C11H18N2O2/c1-10-4-3-7(5-8(10)13-12)11(10,2)6-9(14)15/h7H,3-6,12H2,1-2H3,(H,14,15)/b13-8-/t7-,10-,11+/m0/s1. The number of aliphatic carboxylic acids is 1. The molecule has 2 aliphatic rings. The maximum Gasteiger partial charge on any atom is 0.303 e. The summed E-state index contributed by atoms with van der Waals surface area (Å²) in [5.41, 5.74) is 0.768. The molecule has 84 valence electrons. The Bertz CT molecular complexity index is 339. The highest BCUT2D eigenvalue weighted by atomic mass is 16.4. The molecule has 2 aliphatic carbocycles. The van der Waals surface area contributed by atoms with E-state index in [9.17, 15) is 4.79 Å². The van der Waals surface area contributed by atoms with E-state index in [-0.39, 0.29) is 17.3 Å². The van der Waals surface area contributed by atoms with E-state index in [0.717, 1.165) is 25.0 Å². The van der Waals surface area contributed by atoms with Crippen molar-refractivity contribution < 1.29 is 9.90 Å². The Labute approximate surface area is 89.5 Å². The number of rotatable bonds is 2. The SMILES string of the molecule is C[C@]12CC[C@@H](C/C1=N/N)[C@@]2(C)CC(=O)O. The molecule has 15 heavy (non-hydrogen) atoms. The Balaban J connectivity index is 2.39. The van der Waals surface area contributed by atoms with Gasteiger partial charge < -0.3 is 10.9 Å². The van der Waals surface area contributed by atoms with E-state index < -0.39 is 5.97 Å². The van der Waals surface area contributed by atoms with Gasteiger partial charge in [0.15, 0.2) is 0 Å². The Kier molecular flexibility index (Phi) is 2.07. The van der Waals surface area contributed by atoms with Crippen molar-refractivity contribution in [3.63, 3.8) is 0 Å². The molecule has 2 bridgehead atoms. The molecule has 2 saturated carbocycles. The summed E-state index contributed by atoms with van der Waals surface area (Å²) in [4.78, 5) is 10.9. The molecule has 0 aromatic rings. The average Bonchev–Trinajstić information content (AvgIpc) is 2.49. The maximum atomic E-state index is 10.9. The van der Waals surface area contributed by atoms with Crippen LogP contribution in [0.2, 0.25) is 0 Å². The van der Waals surface area contributed by atoms with Crippen molar-refractivity contribution in [2.75, 3.05) is 0 Å². The lowest BCUT2D eigenvalue weighted by molar-refractivity contribution is -0.141. The quantitative estimate of drug-likeness (QED) is 0.537. The number of carbonyl (C=O) groups is 1. The van der Waals surface area contributed by atoms with E-state index in [4.69, 9.17) is 10.9 Å². The number of nitrogens with two attached hydrogens (primary N) is 1. The second-order valence-electron chi connectivity index (χ2n) is 5.34. The van der Waals surface area contributed by atoms with Crippen molar-refractivity contribution in [1.29, 1.82) is 0 Å². The van der Waals surface area contributed by atoms with Crippen molar-refractivity contribution in [2.45, 2.75) is 39.5 Å². The lowest BCUT2D eigenvalue weighted by Crippen LogP contribution is -2.37. The fourth-order valence-corrected chi connectivity index (χ4v) is 3.63. The summed E-state index contributed by atoms with van der Waals surface area (Å²) < 4.78 is 0. The number of hydrogen-bond donors (Lipinski definition) is 2. The van der Waals surface area contributed by atoms with Crippen LogP contribution in [0.5, 0.6) is 0 Å². The van der Waals surface area contributed by atoms with Crippen molar-refractivity contribution in [1.82, 2.24) is 0 Å². The Morgan fingerprint density at radius 1 is 1.67 bits per heavy atom. The first-order valence-electron chi connectivity index (χ1n) is 5.43. The molecule has 3 N–H and O–H groups in total. The van der Waals surface area contributed by atoms with Crippen LogP contribution in [-0.4, -0.2) is 16.8 Å².